The van der Waals surface area contributed by atoms with Crippen LogP contribution in [0.2, 0.25) is 5.15 Å². The molecule has 3 aromatic rings. The Labute approximate surface area is 212 Å². The molecule has 0 spiro atoms. The summed E-state index contributed by atoms with van der Waals surface area (Å²) >= 11 is 6.01. The van der Waals surface area contributed by atoms with Gasteiger partial charge in [-0.3, -0.25) is 10.6 Å². The molecule has 190 valence electrons. The quantitative estimate of drug-likeness (QED) is 0.535. The monoisotopic (exact) mass is 516 g/mol. The van der Waals surface area contributed by atoms with Gasteiger partial charge < -0.3 is 24.7 Å². The fraction of sp³-hybridized carbons (Fsp3) is 0.320. The molecule has 2 aromatic carbocycles. The van der Waals surface area contributed by atoms with Gasteiger partial charge in [-0.05, 0) is 29.8 Å². The van der Waals surface area contributed by atoms with Crippen molar-refractivity contribution in [2.45, 2.75) is 25.3 Å². The van der Waals surface area contributed by atoms with Gasteiger partial charge in [0.2, 0.25) is 0 Å². The molecule has 0 aliphatic carbocycles. The number of benzene rings is 2. The Hall–Kier alpha value is -3.02. The second-order valence-electron chi connectivity index (χ2n) is 8.67. The van der Waals surface area contributed by atoms with Crippen LogP contribution in [0.5, 0.6) is 5.75 Å². The van der Waals surface area contributed by atoms with E-state index in [1.54, 1.807) is 30.3 Å². The third-order valence-corrected chi connectivity index (χ3v) is 6.96. The van der Waals surface area contributed by atoms with Crippen LogP contribution in [0.25, 0.3) is 5.69 Å². The summed E-state index contributed by atoms with van der Waals surface area (Å²) in [6, 6.07) is 9.56. The summed E-state index contributed by atoms with van der Waals surface area (Å²) < 4.78 is 41.3. The molecule has 3 unspecified atom stereocenters. The zero-order valence-electron chi connectivity index (χ0n) is 19.9. The number of aromatic nitrogens is 2. The molecule has 0 amide bonds. The van der Waals surface area contributed by atoms with Crippen LogP contribution < -0.4 is 21.1 Å². The maximum atomic E-state index is 14.2. The van der Waals surface area contributed by atoms with Crippen LogP contribution in [-0.2, 0) is 4.74 Å². The van der Waals surface area contributed by atoms with E-state index in [0.717, 1.165) is 28.7 Å². The predicted molar refractivity (Wildman–Crippen MR) is 133 cm³/mol. The van der Waals surface area contributed by atoms with E-state index >= 15 is 0 Å². The van der Waals surface area contributed by atoms with Crippen molar-refractivity contribution in [2.75, 3.05) is 31.8 Å². The molecular weight excluding hydrogens is 490 g/mol. The molecule has 0 bridgehead atoms. The van der Waals surface area contributed by atoms with Crippen LogP contribution in [0, 0.1) is 11.6 Å². The van der Waals surface area contributed by atoms with Crippen molar-refractivity contribution in [1.29, 1.82) is 0 Å². The molecule has 3 heterocycles. The van der Waals surface area contributed by atoms with Gasteiger partial charge in [-0.2, -0.15) is 0 Å². The zero-order valence-corrected chi connectivity index (χ0v) is 20.6. The number of imidazole rings is 1. The Balaban J connectivity index is 1.66. The normalized spacial score (nSPS) is 22.6. The minimum absolute atomic E-state index is 0.273. The average molecular weight is 517 g/mol. The van der Waals surface area contributed by atoms with Crippen molar-refractivity contribution in [3.05, 3.63) is 82.5 Å². The summed E-state index contributed by atoms with van der Waals surface area (Å²) in [6.45, 7) is 3.15. The van der Waals surface area contributed by atoms with Gasteiger partial charge in [0.1, 0.15) is 23.5 Å². The van der Waals surface area contributed by atoms with E-state index in [4.69, 9.17) is 32.5 Å². The highest BCUT2D eigenvalue weighted by atomic mass is 35.5. The third kappa shape index (κ3) is 4.14. The topological polar surface area (TPSA) is 94.8 Å². The second-order valence-corrected chi connectivity index (χ2v) is 9.06. The molecule has 1 aromatic heterocycles. The van der Waals surface area contributed by atoms with Crippen LogP contribution in [0.3, 0.4) is 0 Å². The van der Waals surface area contributed by atoms with Crippen molar-refractivity contribution >= 4 is 17.3 Å². The fourth-order valence-electron chi connectivity index (χ4n) is 5.00. The van der Waals surface area contributed by atoms with E-state index in [9.17, 15) is 8.78 Å². The van der Waals surface area contributed by atoms with Crippen LogP contribution in [0.1, 0.15) is 18.4 Å². The number of nitrogens with two attached hydrogens (primary N) is 2. The van der Waals surface area contributed by atoms with E-state index in [2.05, 4.69) is 4.98 Å². The number of hydrogen-bond donors (Lipinski definition) is 2. The van der Waals surface area contributed by atoms with Gasteiger partial charge in [0, 0.05) is 41.7 Å². The standard InChI is InChI=1S/C25H27ClF2N6O2/c1-3-33-24(29)17-12-36-11-16(14-4-6-18(27)19(28)8-14)23(17)34(25(33)30)15-5-7-20(21(9-15)35-2)32-10-22(26)31-13-32/h4-10,13,16,24-25H,3,11-12,29-30H2,1-2H3. The number of hydrogen-bond acceptors (Lipinski definition) is 7. The highest BCUT2D eigenvalue weighted by molar-refractivity contribution is 6.29. The molecule has 2 aliphatic rings. The van der Waals surface area contributed by atoms with E-state index in [0.29, 0.717) is 29.6 Å². The van der Waals surface area contributed by atoms with E-state index in [-0.39, 0.29) is 6.61 Å². The summed E-state index contributed by atoms with van der Waals surface area (Å²) in [6.07, 6.45) is 2.18. The largest absolute Gasteiger partial charge is 0.494 e. The van der Waals surface area contributed by atoms with Crippen molar-refractivity contribution in [3.8, 4) is 11.4 Å². The van der Waals surface area contributed by atoms with Crippen LogP contribution in [0.4, 0.5) is 14.5 Å². The number of halogens is 3. The first-order valence-electron chi connectivity index (χ1n) is 11.5. The van der Waals surface area contributed by atoms with Gasteiger partial charge in [-0.1, -0.05) is 24.6 Å². The lowest BCUT2D eigenvalue weighted by Gasteiger charge is -2.51. The lowest BCUT2D eigenvalue weighted by Crippen LogP contribution is -2.65. The fourth-order valence-corrected chi connectivity index (χ4v) is 5.15. The minimum Gasteiger partial charge on any atom is -0.494 e. The van der Waals surface area contributed by atoms with Crippen molar-refractivity contribution < 1.29 is 18.3 Å². The molecule has 2 aliphatic heterocycles. The molecule has 11 heteroatoms. The lowest BCUT2D eigenvalue weighted by molar-refractivity contribution is 0.0809. The first-order chi connectivity index (χ1) is 17.3. The van der Waals surface area contributed by atoms with Gasteiger partial charge in [-0.25, -0.2) is 13.8 Å². The number of nitrogens with zero attached hydrogens (tertiary/aromatic N) is 4. The molecule has 5 rings (SSSR count). The Bertz CT molecular complexity index is 1320. The van der Waals surface area contributed by atoms with E-state index in [1.165, 1.54) is 6.07 Å². The van der Waals surface area contributed by atoms with Gasteiger partial charge in [0.25, 0.3) is 0 Å². The van der Waals surface area contributed by atoms with Crippen molar-refractivity contribution in [3.63, 3.8) is 0 Å². The van der Waals surface area contributed by atoms with Crippen LogP contribution in [-0.4, -0.2) is 53.8 Å². The lowest BCUT2D eigenvalue weighted by atomic mass is 9.87. The molecular formula is C25H27ClF2N6O2. The highest BCUT2D eigenvalue weighted by Gasteiger charge is 2.42. The van der Waals surface area contributed by atoms with Gasteiger partial charge >= 0.3 is 0 Å². The van der Waals surface area contributed by atoms with Crippen molar-refractivity contribution in [2.24, 2.45) is 11.5 Å². The molecule has 0 fully saturated rings. The first-order valence-corrected chi connectivity index (χ1v) is 11.9. The van der Waals surface area contributed by atoms with Crippen LogP contribution >= 0.6 is 11.6 Å². The first kappa shape index (κ1) is 24.7. The Morgan fingerprint density at radius 1 is 1.17 bits per heavy atom. The Kier molecular flexibility index (Phi) is 6.71. The Morgan fingerprint density at radius 2 is 1.97 bits per heavy atom. The van der Waals surface area contributed by atoms with Gasteiger partial charge in [0.05, 0.1) is 32.2 Å². The summed E-state index contributed by atoms with van der Waals surface area (Å²) in [5.74, 6) is -1.66. The molecule has 0 radical (unpaired) electrons. The second kappa shape index (κ2) is 9.79. The highest BCUT2D eigenvalue weighted by Crippen LogP contribution is 2.43. The molecule has 0 saturated heterocycles. The zero-order chi connectivity index (χ0) is 25.6. The molecule has 4 N–H and O–H groups in total. The number of likely N-dealkylation sites (N-methyl/N-ethyl adjacent to an activating group) is 1. The average Bonchev–Trinajstić information content (AvgIpc) is 3.31. The minimum atomic E-state index is -0.920. The van der Waals surface area contributed by atoms with Crippen molar-refractivity contribution in [1.82, 2.24) is 14.5 Å². The summed E-state index contributed by atoms with van der Waals surface area (Å²) in [5, 5.41) is 0.359. The molecule has 3 atom stereocenters. The van der Waals surface area contributed by atoms with E-state index in [1.807, 2.05) is 34.9 Å². The smallest absolute Gasteiger partial charge is 0.159 e. The summed E-state index contributed by atoms with van der Waals surface area (Å²) in [7, 11) is 1.58. The Morgan fingerprint density at radius 3 is 2.64 bits per heavy atom. The SMILES string of the molecule is CCN1C(N)C2=C(C(c3ccc(F)c(F)c3)COC2)N(c2ccc(-n3cnc(Cl)c3)c(OC)c2)C1N. The molecule has 36 heavy (non-hydrogen) atoms. The summed E-state index contributed by atoms with van der Waals surface area (Å²) in [5.41, 5.74) is 17.1. The van der Waals surface area contributed by atoms with Gasteiger partial charge in [0.15, 0.2) is 11.6 Å². The molecule has 0 saturated carbocycles. The number of methoxy groups -OCH3 is 1. The third-order valence-electron chi connectivity index (χ3n) is 6.76. The number of anilines is 1. The van der Waals surface area contributed by atoms with Crippen LogP contribution in [0.15, 0.2) is 60.2 Å². The maximum absolute atomic E-state index is 14.2. The maximum Gasteiger partial charge on any atom is 0.159 e. The van der Waals surface area contributed by atoms with E-state index < -0.39 is 30.0 Å². The predicted octanol–water partition coefficient (Wildman–Crippen LogP) is 3.55. The number of ether oxygens (including phenoxy) is 2. The van der Waals surface area contributed by atoms with Gasteiger partial charge in [-0.15, -0.1) is 0 Å². The molecule has 8 nitrogen and oxygen atoms in total. The summed E-state index contributed by atoms with van der Waals surface area (Å²) in [4.78, 5) is 8.00. The number of rotatable bonds is 5.